The molecule has 32 heavy (non-hydrogen) atoms. The Morgan fingerprint density at radius 3 is 2.28 bits per heavy atom. The maximum atomic E-state index is 12.9. The Balaban J connectivity index is 1.23. The predicted octanol–water partition coefficient (Wildman–Crippen LogP) is 4.72. The van der Waals surface area contributed by atoms with Crippen LogP contribution in [0.2, 0.25) is 0 Å². The second-order valence-corrected chi connectivity index (χ2v) is 8.82. The first kappa shape index (κ1) is 20.5. The molecular formula is C25H23N3O3S. The van der Waals surface area contributed by atoms with E-state index in [1.807, 2.05) is 48.5 Å². The second kappa shape index (κ2) is 8.59. The average Bonchev–Trinajstić information content (AvgIpc) is 3.50. The molecule has 0 spiro atoms. The van der Waals surface area contributed by atoms with Gasteiger partial charge in [0, 0.05) is 31.7 Å². The fourth-order valence-corrected chi connectivity index (χ4v) is 4.81. The fourth-order valence-electron chi connectivity index (χ4n) is 3.88. The molecule has 0 radical (unpaired) electrons. The number of aromatic nitrogens is 1. The number of fused-ring (bicyclic) bond motifs is 1. The summed E-state index contributed by atoms with van der Waals surface area (Å²) in [5.41, 5.74) is 2.82. The molecule has 1 fully saturated rings. The van der Waals surface area contributed by atoms with Crippen LogP contribution in [0.15, 0.2) is 65.1 Å². The average molecular weight is 446 g/mol. The SMILES string of the molecule is CCc1ccc(C(=O)N2CCN(C(=O)c3ccc(-c4nc5ccccc5s4)o3)CC2)cc1. The van der Waals surface area contributed by atoms with Gasteiger partial charge in [0.2, 0.25) is 0 Å². The van der Waals surface area contributed by atoms with Gasteiger partial charge in [-0.05, 0) is 48.4 Å². The first-order valence-corrected chi connectivity index (χ1v) is 11.6. The highest BCUT2D eigenvalue weighted by Gasteiger charge is 2.27. The molecule has 0 bridgehead atoms. The molecule has 162 valence electrons. The molecule has 7 heteroatoms. The van der Waals surface area contributed by atoms with Crippen molar-refractivity contribution in [2.45, 2.75) is 13.3 Å². The molecule has 5 rings (SSSR count). The molecule has 2 aromatic heterocycles. The molecule has 0 aliphatic carbocycles. The molecule has 0 N–H and O–H groups in total. The standard InChI is InChI=1S/C25H23N3O3S/c1-2-17-7-9-18(10-8-17)24(29)27-13-15-28(16-14-27)25(30)21-12-11-20(31-21)23-26-19-5-3-4-6-22(19)32-23/h3-12H,2,13-16H2,1H3. The van der Waals surface area contributed by atoms with Crippen LogP contribution in [0, 0.1) is 0 Å². The monoisotopic (exact) mass is 445 g/mol. The minimum Gasteiger partial charge on any atom is -0.448 e. The minimum atomic E-state index is -0.156. The van der Waals surface area contributed by atoms with E-state index in [4.69, 9.17) is 4.42 Å². The largest absolute Gasteiger partial charge is 0.448 e. The molecule has 1 aliphatic heterocycles. The highest BCUT2D eigenvalue weighted by molar-refractivity contribution is 7.21. The Hall–Kier alpha value is -3.45. The number of furan rings is 1. The van der Waals surface area contributed by atoms with E-state index in [1.54, 1.807) is 33.3 Å². The van der Waals surface area contributed by atoms with E-state index in [1.165, 1.54) is 5.56 Å². The van der Waals surface area contributed by atoms with Crippen molar-refractivity contribution in [2.24, 2.45) is 0 Å². The molecule has 1 aliphatic rings. The van der Waals surface area contributed by atoms with Crippen LogP contribution in [0.3, 0.4) is 0 Å². The zero-order valence-electron chi connectivity index (χ0n) is 17.8. The van der Waals surface area contributed by atoms with Crippen molar-refractivity contribution < 1.29 is 14.0 Å². The zero-order valence-corrected chi connectivity index (χ0v) is 18.6. The summed E-state index contributed by atoms with van der Waals surface area (Å²) in [6.45, 7) is 4.06. The van der Waals surface area contributed by atoms with E-state index < -0.39 is 0 Å². The van der Waals surface area contributed by atoms with Crippen molar-refractivity contribution >= 4 is 33.4 Å². The lowest BCUT2D eigenvalue weighted by molar-refractivity contribution is 0.0518. The van der Waals surface area contributed by atoms with Crippen LogP contribution in [0.5, 0.6) is 0 Å². The Morgan fingerprint density at radius 2 is 1.59 bits per heavy atom. The number of hydrogen-bond acceptors (Lipinski definition) is 5. The third kappa shape index (κ3) is 3.91. The zero-order chi connectivity index (χ0) is 22.1. The number of thiazole rings is 1. The van der Waals surface area contributed by atoms with E-state index in [9.17, 15) is 9.59 Å². The molecule has 6 nitrogen and oxygen atoms in total. The van der Waals surface area contributed by atoms with Crippen LogP contribution in [-0.2, 0) is 6.42 Å². The van der Waals surface area contributed by atoms with Crippen molar-refractivity contribution in [2.75, 3.05) is 26.2 Å². The molecule has 1 saturated heterocycles. The third-order valence-corrected chi connectivity index (χ3v) is 6.84. The Bertz CT molecular complexity index is 1230. The van der Waals surface area contributed by atoms with Gasteiger partial charge < -0.3 is 14.2 Å². The highest BCUT2D eigenvalue weighted by atomic mass is 32.1. The maximum Gasteiger partial charge on any atom is 0.289 e. The molecule has 2 amide bonds. The molecular weight excluding hydrogens is 422 g/mol. The van der Waals surface area contributed by atoms with Crippen molar-refractivity contribution in [3.05, 3.63) is 77.6 Å². The molecule has 2 aromatic carbocycles. The van der Waals surface area contributed by atoms with Gasteiger partial charge in [0.05, 0.1) is 10.2 Å². The number of rotatable bonds is 4. The summed E-state index contributed by atoms with van der Waals surface area (Å²) >= 11 is 1.54. The van der Waals surface area contributed by atoms with Crippen LogP contribution in [0.25, 0.3) is 21.0 Å². The normalized spacial score (nSPS) is 14.2. The van der Waals surface area contributed by atoms with Gasteiger partial charge in [-0.2, -0.15) is 0 Å². The summed E-state index contributed by atoms with van der Waals surface area (Å²) in [4.78, 5) is 33.9. The Kier molecular flexibility index (Phi) is 5.49. The molecule has 4 aromatic rings. The first-order chi connectivity index (χ1) is 15.6. The van der Waals surface area contributed by atoms with Gasteiger partial charge in [0.15, 0.2) is 16.5 Å². The topological polar surface area (TPSA) is 66.7 Å². The van der Waals surface area contributed by atoms with Gasteiger partial charge in [0.1, 0.15) is 0 Å². The number of benzene rings is 2. The summed E-state index contributed by atoms with van der Waals surface area (Å²) in [6, 6.07) is 19.2. The summed E-state index contributed by atoms with van der Waals surface area (Å²) in [7, 11) is 0. The number of amides is 2. The number of para-hydroxylation sites is 1. The minimum absolute atomic E-state index is 0.0101. The van der Waals surface area contributed by atoms with E-state index in [0.29, 0.717) is 43.3 Å². The smallest absolute Gasteiger partial charge is 0.289 e. The van der Waals surface area contributed by atoms with Gasteiger partial charge in [-0.1, -0.05) is 31.2 Å². The first-order valence-electron chi connectivity index (χ1n) is 10.8. The van der Waals surface area contributed by atoms with Gasteiger partial charge in [0.25, 0.3) is 11.8 Å². The van der Waals surface area contributed by atoms with Gasteiger partial charge in [-0.25, -0.2) is 4.98 Å². The van der Waals surface area contributed by atoms with Crippen LogP contribution < -0.4 is 0 Å². The number of hydrogen-bond donors (Lipinski definition) is 0. The van der Waals surface area contributed by atoms with E-state index in [0.717, 1.165) is 21.6 Å². The molecule has 0 unspecified atom stereocenters. The van der Waals surface area contributed by atoms with E-state index in [-0.39, 0.29) is 11.8 Å². The van der Waals surface area contributed by atoms with Crippen LogP contribution >= 0.6 is 11.3 Å². The van der Waals surface area contributed by atoms with Gasteiger partial charge in [-0.15, -0.1) is 11.3 Å². The van der Waals surface area contributed by atoms with Gasteiger partial charge in [-0.3, -0.25) is 9.59 Å². The number of carbonyl (C=O) groups excluding carboxylic acids is 2. The van der Waals surface area contributed by atoms with Crippen LogP contribution in [0.1, 0.15) is 33.4 Å². The summed E-state index contributed by atoms with van der Waals surface area (Å²) in [5, 5.41) is 0.759. The van der Waals surface area contributed by atoms with Gasteiger partial charge >= 0.3 is 0 Å². The van der Waals surface area contributed by atoms with Crippen molar-refractivity contribution in [3.63, 3.8) is 0 Å². The summed E-state index contributed by atoms with van der Waals surface area (Å²) in [5.74, 6) is 0.751. The number of aryl methyl sites for hydroxylation is 1. The van der Waals surface area contributed by atoms with Crippen molar-refractivity contribution in [3.8, 4) is 10.8 Å². The number of carbonyl (C=O) groups is 2. The second-order valence-electron chi connectivity index (χ2n) is 7.79. The molecule has 0 atom stereocenters. The van der Waals surface area contributed by atoms with Crippen molar-refractivity contribution in [1.29, 1.82) is 0 Å². The Morgan fingerprint density at radius 1 is 0.906 bits per heavy atom. The fraction of sp³-hybridized carbons (Fsp3) is 0.240. The lowest BCUT2D eigenvalue weighted by Crippen LogP contribution is -2.50. The molecule has 0 saturated carbocycles. The summed E-state index contributed by atoms with van der Waals surface area (Å²) in [6.07, 6.45) is 0.947. The van der Waals surface area contributed by atoms with E-state index >= 15 is 0 Å². The summed E-state index contributed by atoms with van der Waals surface area (Å²) < 4.78 is 6.94. The van der Waals surface area contributed by atoms with Crippen molar-refractivity contribution in [1.82, 2.24) is 14.8 Å². The predicted molar refractivity (Wildman–Crippen MR) is 125 cm³/mol. The Labute approximate surface area is 190 Å². The third-order valence-electron chi connectivity index (χ3n) is 5.78. The quantitative estimate of drug-likeness (QED) is 0.456. The number of nitrogens with zero attached hydrogens (tertiary/aromatic N) is 3. The van der Waals surface area contributed by atoms with Crippen LogP contribution in [-0.4, -0.2) is 52.8 Å². The highest BCUT2D eigenvalue weighted by Crippen LogP contribution is 2.31. The lowest BCUT2D eigenvalue weighted by atomic mass is 10.1. The maximum absolute atomic E-state index is 12.9. The van der Waals surface area contributed by atoms with Crippen LogP contribution in [0.4, 0.5) is 0 Å². The lowest BCUT2D eigenvalue weighted by Gasteiger charge is -2.34. The van der Waals surface area contributed by atoms with E-state index in [2.05, 4.69) is 11.9 Å². The number of piperazine rings is 1. The molecule has 3 heterocycles.